The van der Waals surface area contributed by atoms with Gasteiger partial charge < -0.3 is 4.98 Å². The van der Waals surface area contributed by atoms with Crippen molar-refractivity contribution < 1.29 is 4.79 Å². The van der Waals surface area contributed by atoms with Gasteiger partial charge in [-0.15, -0.1) is 0 Å². The van der Waals surface area contributed by atoms with E-state index in [2.05, 4.69) is 34.5 Å². The quantitative estimate of drug-likeness (QED) is 0.631. The van der Waals surface area contributed by atoms with Crippen molar-refractivity contribution in [3.05, 3.63) is 21.0 Å². The molecule has 54 valence electrons. The first-order chi connectivity index (χ1) is 4.77. The van der Waals surface area contributed by atoms with Crippen molar-refractivity contribution in [2.24, 2.45) is 0 Å². The van der Waals surface area contributed by atoms with Gasteiger partial charge in [0.05, 0.1) is 9.39 Å². The lowest BCUT2D eigenvalue weighted by atomic mass is 10.2. The summed E-state index contributed by atoms with van der Waals surface area (Å²) in [4.78, 5) is 13.2. The number of rotatable bonds is 2. The lowest BCUT2D eigenvalue weighted by Crippen LogP contribution is -1.78. The average molecular weight is 249 g/mol. The van der Waals surface area contributed by atoms with Gasteiger partial charge in [-0.1, -0.05) is 6.92 Å². The summed E-state index contributed by atoms with van der Waals surface area (Å²) < 4.78 is 1.07. The number of hydrogen-bond acceptors (Lipinski definition) is 1. The van der Waals surface area contributed by atoms with E-state index >= 15 is 0 Å². The zero-order valence-electron chi connectivity index (χ0n) is 5.65. The second-order valence-corrected chi connectivity index (χ2v) is 3.11. The Bertz CT molecular complexity index is 242. The van der Waals surface area contributed by atoms with Crippen LogP contribution in [0.15, 0.2) is 6.07 Å². The van der Waals surface area contributed by atoms with Crippen molar-refractivity contribution in [2.45, 2.75) is 13.3 Å². The standard InChI is InChI=1S/C7H8INO/c1-2-5-3-6(4-10)9-7(5)8/h3-4,9H,2H2,1H3. The Morgan fingerprint density at radius 2 is 2.50 bits per heavy atom. The predicted octanol–water partition coefficient (Wildman–Crippen LogP) is 1.99. The summed E-state index contributed by atoms with van der Waals surface area (Å²) in [6.45, 7) is 2.07. The van der Waals surface area contributed by atoms with Gasteiger partial charge in [0.1, 0.15) is 0 Å². The molecule has 10 heavy (non-hydrogen) atoms. The number of aryl methyl sites for hydroxylation is 1. The van der Waals surface area contributed by atoms with E-state index in [1.54, 1.807) is 0 Å². The average Bonchev–Trinajstić information content (AvgIpc) is 2.30. The largest absolute Gasteiger partial charge is 0.348 e. The molecular weight excluding hydrogens is 241 g/mol. The maximum absolute atomic E-state index is 10.3. The molecule has 1 aromatic heterocycles. The van der Waals surface area contributed by atoms with E-state index in [1.165, 1.54) is 5.56 Å². The highest BCUT2D eigenvalue weighted by Crippen LogP contribution is 2.12. The van der Waals surface area contributed by atoms with Gasteiger partial charge in [-0.05, 0) is 40.6 Å². The van der Waals surface area contributed by atoms with Crippen molar-refractivity contribution in [3.8, 4) is 0 Å². The van der Waals surface area contributed by atoms with Crippen LogP contribution in [0.3, 0.4) is 0 Å². The third-order valence-electron chi connectivity index (χ3n) is 1.37. The van der Waals surface area contributed by atoms with Crippen molar-refractivity contribution in [2.75, 3.05) is 0 Å². The van der Waals surface area contributed by atoms with E-state index in [0.717, 1.165) is 16.4 Å². The number of aromatic amines is 1. The molecule has 0 aliphatic rings. The highest BCUT2D eigenvalue weighted by molar-refractivity contribution is 14.1. The van der Waals surface area contributed by atoms with Gasteiger partial charge >= 0.3 is 0 Å². The molecule has 0 fully saturated rings. The van der Waals surface area contributed by atoms with Crippen molar-refractivity contribution in [1.29, 1.82) is 0 Å². The molecule has 0 saturated carbocycles. The minimum absolute atomic E-state index is 0.668. The molecular formula is C7H8INO. The maximum Gasteiger partial charge on any atom is 0.166 e. The number of halogens is 1. The lowest BCUT2D eigenvalue weighted by Gasteiger charge is -1.86. The van der Waals surface area contributed by atoms with Crippen LogP contribution in [0, 0.1) is 3.70 Å². The molecule has 0 aliphatic carbocycles. The monoisotopic (exact) mass is 249 g/mol. The van der Waals surface area contributed by atoms with Crippen LogP contribution in [-0.4, -0.2) is 11.3 Å². The number of aldehydes is 1. The minimum atomic E-state index is 0.668. The van der Waals surface area contributed by atoms with E-state index in [-0.39, 0.29) is 0 Å². The van der Waals surface area contributed by atoms with Crippen LogP contribution in [0.2, 0.25) is 0 Å². The smallest absolute Gasteiger partial charge is 0.166 e. The van der Waals surface area contributed by atoms with Crippen molar-refractivity contribution >= 4 is 28.9 Å². The van der Waals surface area contributed by atoms with Gasteiger partial charge in [0, 0.05) is 0 Å². The molecule has 0 aliphatic heterocycles. The number of H-pyrrole nitrogens is 1. The lowest BCUT2D eigenvalue weighted by molar-refractivity contribution is 0.111. The van der Waals surface area contributed by atoms with E-state index < -0.39 is 0 Å². The predicted molar refractivity (Wildman–Crippen MR) is 48.3 cm³/mol. The Morgan fingerprint density at radius 3 is 2.80 bits per heavy atom. The van der Waals surface area contributed by atoms with Crippen LogP contribution in [0.4, 0.5) is 0 Å². The van der Waals surface area contributed by atoms with Gasteiger partial charge in [0.2, 0.25) is 0 Å². The molecule has 0 spiro atoms. The van der Waals surface area contributed by atoms with Crippen LogP contribution in [0.25, 0.3) is 0 Å². The van der Waals surface area contributed by atoms with E-state index in [4.69, 9.17) is 0 Å². The third-order valence-corrected chi connectivity index (χ3v) is 2.34. The topological polar surface area (TPSA) is 32.9 Å². The van der Waals surface area contributed by atoms with Gasteiger partial charge in [-0.3, -0.25) is 4.79 Å². The third kappa shape index (κ3) is 1.39. The number of carbonyl (C=O) groups excluding carboxylic acids is 1. The molecule has 0 bridgehead atoms. The molecule has 1 aromatic rings. The summed E-state index contributed by atoms with van der Waals surface area (Å²) in [5.74, 6) is 0. The van der Waals surface area contributed by atoms with E-state index in [1.807, 2.05) is 6.07 Å². The van der Waals surface area contributed by atoms with Crippen molar-refractivity contribution in [1.82, 2.24) is 4.98 Å². The molecule has 0 saturated heterocycles. The normalized spacial score (nSPS) is 9.80. The first-order valence-corrected chi connectivity index (χ1v) is 4.18. The van der Waals surface area contributed by atoms with Crippen LogP contribution in [-0.2, 0) is 6.42 Å². The second kappa shape index (κ2) is 3.18. The molecule has 1 heterocycles. The molecule has 3 heteroatoms. The minimum Gasteiger partial charge on any atom is -0.348 e. The Kier molecular flexibility index (Phi) is 2.48. The van der Waals surface area contributed by atoms with Crippen LogP contribution >= 0.6 is 22.6 Å². The zero-order chi connectivity index (χ0) is 7.56. The SMILES string of the molecule is CCc1cc(C=O)[nH]c1I. The van der Waals surface area contributed by atoms with Gasteiger partial charge in [-0.25, -0.2) is 0 Å². The number of nitrogens with one attached hydrogen (secondary N) is 1. The molecule has 0 amide bonds. The van der Waals surface area contributed by atoms with Crippen molar-refractivity contribution in [3.63, 3.8) is 0 Å². The summed E-state index contributed by atoms with van der Waals surface area (Å²) in [5.41, 5.74) is 1.88. The number of carbonyl (C=O) groups is 1. The summed E-state index contributed by atoms with van der Waals surface area (Å²) in [6, 6.07) is 1.88. The molecule has 1 rings (SSSR count). The molecule has 0 unspecified atom stereocenters. The van der Waals surface area contributed by atoms with E-state index in [9.17, 15) is 4.79 Å². The van der Waals surface area contributed by atoms with Gasteiger partial charge in [0.25, 0.3) is 0 Å². The maximum atomic E-state index is 10.3. The summed E-state index contributed by atoms with van der Waals surface area (Å²) in [5, 5.41) is 0. The molecule has 0 atom stereocenters. The first-order valence-electron chi connectivity index (χ1n) is 3.10. The van der Waals surface area contributed by atoms with Gasteiger partial charge in [0.15, 0.2) is 6.29 Å². The fraction of sp³-hybridized carbons (Fsp3) is 0.286. The second-order valence-electron chi connectivity index (χ2n) is 2.04. The van der Waals surface area contributed by atoms with Gasteiger partial charge in [-0.2, -0.15) is 0 Å². The Morgan fingerprint density at radius 1 is 1.80 bits per heavy atom. The highest BCUT2D eigenvalue weighted by Gasteiger charge is 2.01. The molecule has 1 N–H and O–H groups in total. The van der Waals surface area contributed by atoms with E-state index in [0.29, 0.717) is 5.69 Å². The summed E-state index contributed by atoms with van der Waals surface area (Å²) in [7, 11) is 0. The van der Waals surface area contributed by atoms with Crippen LogP contribution in [0.5, 0.6) is 0 Å². The Balaban J connectivity index is 3.03. The molecule has 0 aromatic carbocycles. The molecule has 2 nitrogen and oxygen atoms in total. The fourth-order valence-electron chi connectivity index (χ4n) is 0.815. The summed E-state index contributed by atoms with van der Waals surface area (Å²) >= 11 is 2.19. The Labute approximate surface area is 73.2 Å². The molecule has 0 radical (unpaired) electrons. The van der Waals surface area contributed by atoms with Crippen LogP contribution < -0.4 is 0 Å². The summed E-state index contributed by atoms with van der Waals surface area (Å²) in [6.07, 6.45) is 1.81. The number of hydrogen-bond donors (Lipinski definition) is 1. The number of aromatic nitrogens is 1. The van der Waals surface area contributed by atoms with Crippen LogP contribution in [0.1, 0.15) is 23.0 Å². The highest BCUT2D eigenvalue weighted by atomic mass is 127. The fourth-order valence-corrected chi connectivity index (χ4v) is 1.66. The Hall–Kier alpha value is -0.320. The zero-order valence-corrected chi connectivity index (χ0v) is 7.81. The first kappa shape index (κ1) is 7.78.